The molecule has 1 heterocycles. The standard InChI is InChI=1S/C20H21N3O3/c1-13(2)15-7-6-8-16(11-15)22-20(24)17-9-4-5-10-18(17)25-12-19-21-14(3)26-23-19/h4-11,13H,12H2,1-3H3,(H,22,24). The predicted molar refractivity (Wildman–Crippen MR) is 98.3 cm³/mol. The number of aryl methyl sites for hydroxylation is 1. The van der Waals surface area contributed by atoms with Gasteiger partial charge in [-0.1, -0.05) is 43.3 Å². The molecule has 26 heavy (non-hydrogen) atoms. The van der Waals surface area contributed by atoms with E-state index in [9.17, 15) is 4.79 Å². The number of hydrogen-bond acceptors (Lipinski definition) is 5. The van der Waals surface area contributed by atoms with Crippen molar-refractivity contribution in [3.05, 3.63) is 71.4 Å². The highest BCUT2D eigenvalue weighted by atomic mass is 16.5. The molecule has 0 aliphatic rings. The molecule has 0 fully saturated rings. The van der Waals surface area contributed by atoms with Crippen LogP contribution in [0.15, 0.2) is 53.1 Å². The maximum absolute atomic E-state index is 12.7. The molecule has 3 aromatic rings. The van der Waals surface area contributed by atoms with E-state index in [1.165, 1.54) is 5.56 Å². The summed E-state index contributed by atoms with van der Waals surface area (Å²) < 4.78 is 10.6. The first-order chi connectivity index (χ1) is 12.5. The maximum atomic E-state index is 12.7. The molecule has 134 valence electrons. The number of nitrogens with one attached hydrogen (secondary N) is 1. The Kier molecular flexibility index (Phi) is 5.31. The number of amides is 1. The molecular weight excluding hydrogens is 330 g/mol. The molecule has 0 saturated heterocycles. The van der Waals surface area contributed by atoms with Gasteiger partial charge in [-0.2, -0.15) is 4.98 Å². The highest BCUT2D eigenvalue weighted by Gasteiger charge is 2.14. The van der Waals surface area contributed by atoms with Gasteiger partial charge >= 0.3 is 0 Å². The smallest absolute Gasteiger partial charge is 0.259 e. The summed E-state index contributed by atoms with van der Waals surface area (Å²) in [7, 11) is 0. The summed E-state index contributed by atoms with van der Waals surface area (Å²) in [6, 6.07) is 14.9. The number of aromatic nitrogens is 2. The van der Waals surface area contributed by atoms with Gasteiger partial charge in [0.1, 0.15) is 5.75 Å². The van der Waals surface area contributed by atoms with Crippen LogP contribution in [-0.4, -0.2) is 16.0 Å². The molecule has 0 spiro atoms. The number of nitrogens with zero attached hydrogens (tertiary/aromatic N) is 2. The normalized spacial score (nSPS) is 10.8. The number of carbonyl (C=O) groups excluding carboxylic acids is 1. The first-order valence-electron chi connectivity index (χ1n) is 8.45. The number of rotatable bonds is 6. The lowest BCUT2D eigenvalue weighted by molar-refractivity contribution is 0.102. The molecule has 1 amide bonds. The minimum Gasteiger partial charge on any atom is -0.485 e. The molecule has 0 saturated carbocycles. The highest BCUT2D eigenvalue weighted by molar-refractivity contribution is 6.06. The third kappa shape index (κ3) is 4.27. The second kappa shape index (κ2) is 7.82. The molecule has 0 atom stereocenters. The van der Waals surface area contributed by atoms with E-state index in [-0.39, 0.29) is 12.5 Å². The van der Waals surface area contributed by atoms with Gasteiger partial charge in [-0.05, 0) is 35.7 Å². The van der Waals surface area contributed by atoms with Crippen molar-refractivity contribution in [2.75, 3.05) is 5.32 Å². The lowest BCUT2D eigenvalue weighted by Gasteiger charge is -2.12. The van der Waals surface area contributed by atoms with Gasteiger partial charge in [0.25, 0.3) is 5.91 Å². The van der Waals surface area contributed by atoms with Gasteiger partial charge in [0, 0.05) is 12.6 Å². The molecule has 6 heteroatoms. The van der Waals surface area contributed by atoms with Crippen molar-refractivity contribution in [1.82, 2.24) is 10.1 Å². The molecule has 3 rings (SSSR count). The minimum atomic E-state index is -0.231. The first-order valence-corrected chi connectivity index (χ1v) is 8.45. The van der Waals surface area contributed by atoms with Crippen LogP contribution in [-0.2, 0) is 6.61 Å². The van der Waals surface area contributed by atoms with Crippen LogP contribution in [0.25, 0.3) is 0 Å². The van der Waals surface area contributed by atoms with Gasteiger partial charge in [0.05, 0.1) is 5.56 Å². The Labute approximate surface area is 152 Å². The average Bonchev–Trinajstić information content (AvgIpc) is 3.05. The highest BCUT2D eigenvalue weighted by Crippen LogP contribution is 2.22. The van der Waals surface area contributed by atoms with Crippen LogP contribution < -0.4 is 10.1 Å². The Morgan fingerprint density at radius 1 is 1.19 bits per heavy atom. The summed E-state index contributed by atoms with van der Waals surface area (Å²) >= 11 is 0. The van der Waals surface area contributed by atoms with Crippen LogP contribution in [0.1, 0.15) is 47.4 Å². The Morgan fingerprint density at radius 2 is 2.00 bits per heavy atom. The Bertz CT molecular complexity index is 903. The van der Waals surface area contributed by atoms with E-state index in [1.807, 2.05) is 30.3 Å². The zero-order valence-electron chi connectivity index (χ0n) is 15.0. The van der Waals surface area contributed by atoms with Gasteiger partial charge in [-0.15, -0.1) is 0 Å². The number of hydrogen-bond donors (Lipinski definition) is 1. The van der Waals surface area contributed by atoms with Crippen LogP contribution in [0.5, 0.6) is 5.75 Å². The van der Waals surface area contributed by atoms with Crippen molar-refractivity contribution in [3.63, 3.8) is 0 Å². The number of benzene rings is 2. The van der Waals surface area contributed by atoms with Gasteiger partial charge in [-0.25, -0.2) is 0 Å². The molecule has 0 radical (unpaired) electrons. The van der Waals surface area contributed by atoms with Gasteiger partial charge in [0.2, 0.25) is 11.7 Å². The SMILES string of the molecule is Cc1nc(COc2ccccc2C(=O)Nc2cccc(C(C)C)c2)no1. The third-order valence-corrected chi connectivity index (χ3v) is 3.87. The molecule has 0 aliphatic heterocycles. The van der Waals surface area contributed by atoms with Gasteiger partial charge < -0.3 is 14.6 Å². The number of carbonyl (C=O) groups is 1. The Morgan fingerprint density at radius 3 is 2.73 bits per heavy atom. The fraction of sp³-hybridized carbons (Fsp3) is 0.250. The fourth-order valence-corrected chi connectivity index (χ4v) is 2.50. The second-order valence-corrected chi connectivity index (χ2v) is 6.25. The molecular formula is C20H21N3O3. The van der Waals surface area contributed by atoms with Gasteiger partial charge in [0.15, 0.2) is 6.61 Å². The fourth-order valence-electron chi connectivity index (χ4n) is 2.50. The van der Waals surface area contributed by atoms with Crippen LogP contribution in [0.2, 0.25) is 0 Å². The predicted octanol–water partition coefficient (Wildman–Crippen LogP) is 4.33. The zero-order chi connectivity index (χ0) is 18.5. The zero-order valence-corrected chi connectivity index (χ0v) is 15.0. The van der Waals surface area contributed by atoms with E-state index in [1.54, 1.807) is 25.1 Å². The molecule has 1 aromatic heterocycles. The van der Waals surface area contributed by atoms with Crippen LogP contribution in [0, 0.1) is 6.92 Å². The summed E-state index contributed by atoms with van der Waals surface area (Å²) in [6.45, 7) is 6.07. The van der Waals surface area contributed by atoms with E-state index in [2.05, 4.69) is 29.3 Å². The quantitative estimate of drug-likeness (QED) is 0.715. The van der Waals surface area contributed by atoms with E-state index in [0.29, 0.717) is 28.9 Å². The minimum absolute atomic E-state index is 0.129. The lowest BCUT2D eigenvalue weighted by Crippen LogP contribution is -2.14. The van der Waals surface area contributed by atoms with Crippen molar-refractivity contribution < 1.29 is 14.1 Å². The van der Waals surface area contributed by atoms with Crippen molar-refractivity contribution in [1.29, 1.82) is 0 Å². The van der Waals surface area contributed by atoms with Crippen LogP contribution >= 0.6 is 0 Å². The summed E-state index contributed by atoms with van der Waals surface area (Å²) in [4.78, 5) is 16.8. The van der Waals surface area contributed by atoms with Crippen molar-refractivity contribution in [3.8, 4) is 5.75 Å². The molecule has 6 nitrogen and oxygen atoms in total. The third-order valence-electron chi connectivity index (χ3n) is 3.87. The molecule has 0 bridgehead atoms. The summed E-state index contributed by atoms with van der Waals surface area (Å²) in [5.74, 6) is 1.53. The summed E-state index contributed by atoms with van der Waals surface area (Å²) in [5.41, 5.74) is 2.37. The van der Waals surface area contributed by atoms with Crippen molar-refractivity contribution >= 4 is 11.6 Å². The molecule has 0 unspecified atom stereocenters. The van der Waals surface area contributed by atoms with Gasteiger partial charge in [-0.3, -0.25) is 4.79 Å². The van der Waals surface area contributed by atoms with Crippen molar-refractivity contribution in [2.24, 2.45) is 0 Å². The summed E-state index contributed by atoms with van der Waals surface area (Å²) in [6.07, 6.45) is 0. The largest absolute Gasteiger partial charge is 0.485 e. The molecule has 2 aromatic carbocycles. The van der Waals surface area contributed by atoms with E-state index >= 15 is 0 Å². The lowest BCUT2D eigenvalue weighted by atomic mass is 10.0. The Hall–Kier alpha value is -3.15. The molecule has 1 N–H and O–H groups in total. The van der Waals surface area contributed by atoms with Crippen LogP contribution in [0.3, 0.4) is 0 Å². The number of ether oxygens (including phenoxy) is 1. The first kappa shape index (κ1) is 17.7. The summed E-state index contributed by atoms with van der Waals surface area (Å²) in [5, 5.41) is 6.72. The second-order valence-electron chi connectivity index (χ2n) is 6.25. The van der Waals surface area contributed by atoms with E-state index in [4.69, 9.17) is 9.26 Å². The van der Waals surface area contributed by atoms with Crippen LogP contribution in [0.4, 0.5) is 5.69 Å². The average molecular weight is 351 g/mol. The topological polar surface area (TPSA) is 77.2 Å². The number of para-hydroxylation sites is 1. The van der Waals surface area contributed by atoms with E-state index < -0.39 is 0 Å². The Balaban J connectivity index is 1.74. The monoisotopic (exact) mass is 351 g/mol. The number of anilines is 1. The van der Waals surface area contributed by atoms with E-state index in [0.717, 1.165) is 5.69 Å². The maximum Gasteiger partial charge on any atom is 0.259 e. The van der Waals surface area contributed by atoms with Crippen molar-refractivity contribution in [2.45, 2.75) is 33.3 Å². The molecule has 0 aliphatic carbocycles.